The fourth-order valence-electron chi connectivity index (χ4n) is 2.82. The van der Waals surface area contributed by atoms with Gasteiger partial charge in [-0.05, 0) is 24.3 Å². The molecule has 0 saturated carbocycles. The Hall–Kier alpha value is -3.37. The van der Waals surface area contributed by atoms with Crippen molar-refractivity contribution in [1.82, 2.24) is 4.98 Å². The van der Waals surface area contributed by atoms with Crippen molar-refractivity contribution in [2.24, 2.45) is 0 Å². The number of nitrogens with zero attached hydrogens (tertiary/aromatic N) is 2. The van der Waals surface area contributed by atoms with Crippen molar-refractivity contribution in [3.8, 4) is 17.2 Å². The van der Waals surface area contributed by atoms with Crippen LogP contribution in [-0.4, -0.2) is 32.2 Å². The quantitative estimate of drug-likeness (QED) is 0.373. The summed E-state index contributed by atoms with van der Waals surface area (Å²) in [5.74, 6) is 1.59. The third-order valence-corrected chi connectivity index (χ3v) is 5.07. The molecule has 0 fully saturated rings. The maximum absolute atomic E-state index is 13.2. The molecule has 0 aliphatic rings. The second-order valence-corrected chi connectivity index (χ2v) is 7.91. The topological polar surface area (TPSA) is 75.7 Å². The highest BCUT2D eigenvalue weighted by Crippen LogP contribution is 2.40. The van der Waals surface area contributed by atoms with Crippen LogP contribution in [0.1, 0.15) is 5.56 Å². The Morgan fingerprint density at radius 3 is 2.26 bits per heavy atom. The molecule has 0 saturated heterocycles. The molecule has 180 valence electrons. The van der Waals surface area contributed by atoms with E-state index in [1.807, 2.05) is 19.0 Å². The maximum Gasteiger partial charge on any atom is 0.417 e. The average Bonchev–Trinajstić information content (AvgIpc) is 2.76. The lowest BCUT2D eigenvalue weighted by Gasteiger charge is -2.16. The Balaban J connectivity index is 1.74. The van der Waals surface area contributed by atoms with Crippen molar-refractivity contribution in [1.29, 1.82) is 0 Å². The molecule has 0 radical (unpaired) electrons. The molecule has 0 atom stereocenters. The van der Waals surface area contributed by atoms with Crippen LogP contribution in [0, 0.1) is 0 Å². The normalized spacial score (nSPS) is 11.1. The highest BCUT2D eigenvalue weighted by Gasteiger charge is 2.34. The van der Waals surface area contributed by atoms with E-state index in [2.05, 4.69) is 15.6 Å². The van der Waals surface area contributed by atoms with Gasteiger partial charge in [0, 0.05) is 38.5 Å². The van der Waals surface area contributed by atoms with E-state index < -0.39 is 22.8 Å². The van der Waals surface area contributed by atoms with Crippen molar-refractivity contribution in [3.63, 3.8) is 0 Å². The van der Waals surface area contributed by atoms with Crippen LogP contribution in [0.2, 0.25) is 10.0 Å². The molecule has 0 spiro atoms. The zero-order valence-electron chi connectivity index (χ0n) is 18.1. The van der Waals surface area contributed by atoms with Gasteiger partial charge in [-0.15, -0.1) is 0 Å². The number of carbonyl (C=O) groups excluding carboxylic acids is 1. The van der Waals surface area contributed by atoms with Gasteiger partial charge in [-0.25, -0.2) is 9.78 Å². The number of pyridine rings is 1. The van der Waals surface area contributed by atoms with Gasteiger partial charge in [0.2, 0.25) is 0 Å². The Morgan fingerprint density at radius 2 is 1.65 bits per heavy atom. The predicted octanol–water partition coefficient (Wildman–Crippen LogP) is 6.92. The Kier molecular flexibility index (Phi) is 7.63. The number of benzene rings is 2. The lowest BCUT2D eigenvalue weighted by atomic mass is 10.1. The monoisotopic (exact) mass is 514 g/mol. The number of anilines is 3. The van der Waals surface area contributed by atoms with Gasteiger partial charge in [0.25, 0.3) is 0 Å². The van der Waals surface area contributed by atoms with Crippen molar-refractivity contribution in [2.75, 3.05) is 36.7 Å². The highest BCUT2D eigenvalue weighted by molar-refractivity contribution is 6.34. The molecule has 1 heterocycles. The molecule has 0 aliphatic carbocycles. The average molecular weight is 515 g/mol. The first-order chi connectivity index (χ1) is 16.0. The van der Waals surface area contributed by atoms with Crippen molar-refractivity contribution in [3.05, 3.63) is 64.3 Å². The first kappa shape index (κ1) is 25.3. The standard InChI is InChI=1S/C22H19Cl2F3N4O3/c1-31(2)20-9-13(6-7-28-20)34-12-4-5-17(16(24)8-12)29-21(32)30-18-10-14(22(25,26)27)15(23)11-19(18)33-3/h4-11H,1-3H3,(H2,29,30,32). The zero-order valence-corrected chi connectivity index (χ0v) is 19.6. The number of ether oxygens (including phenoxy) is 2. The lowest BCUT2D eigenvalue weighted by Crippen LogP contribution is -2.20. The summed E-state index contributed by atoms with van der Waals surface area (Å²) in [5.41, 5.74) is -1.13. The van der Waals surface area contributed by atoms with Gasteiger partial charge in [-0.1, -0.05) is 23.2 Å². The number of carbonyl (C=O) groups is 1. The number of urea groups is 1. The molecule has 7 nitrogen and oxygen atoms in total. The van der Waals surface area contributed by atoms with Crippen LogP contribution in [0.15, 0.2) is 48.7 Å². The van der Waals surface area contributed by atoms with Crippen LogP contribution in [0.3, 0.4) is 0 Å². The fraction of sp³-hybridized carbons (Fsp3) is 0.182. The smallest absolute Gasteiger partial charge is 0.417 e. The van der Waals surface area contributed by atoms with Crippen LogP contribution < -0.4 is 25.0 Å². The molecular weight excluding hydrogens is 496 g/mol. The van der Waals surface area contributed by atoms with Crippen LogP contribution in [0.25, 0.3) is 0 Å². The van der Waals surface area contributed by atoms with E-state index in [1.54, 1.807) is 24.4 Å². The Morgan fingerprint density at radius 1 is 0.971 bits per heavy atom. The molecular formula is C22H19Cl2F3N4O3. The van der Waals surface area contributed by atoms with Gasteiger partial charge in [0.05, 0.1) is 34.1 Å². The van der Waals surface area contributed by atoms with E-state index in [0.717, 1.165) is 6.07 Å². The molecule has 2 N–H and O–H groups in total. The molecule has 12 heteroatoms. The number of nitrogens with one attached hydrogen (secondary N) is 2. The van der Waals surface area contributed by atoms with Crippen molar-refractivity contribution >= 4 is 46.4 Å². The largest absolute Gasteiger partial charge is 0.495 e. The van der Waals surface area contributed by atoms with Gasteiger partial charge in [-0.2, -0.15) is 13.2 Å². The first-order valence-corrected chi connectivity index (χ1v) is 10.4. The Labute approximate surface area is 203 Å². The lowest BCUT2D eigenvalue weighted by molar-refractivity contribution is -0.137. The number of rotatable bonds is 6. The molecule has 0 aliphatic heterocycles. The molecule has 1 aromatic heterocycles. The minimum absolute atomic E-state index is 0.0440. The number of hydrogen-bond donors (Lipinski definition) is 2. The fourth-order valence-corrected chi connectivity index (χ4v) is 3.30. The highest BCUT2D eigenvalue weighted by atomic mass is 35.5. The van der Waals surface area contributed by atoms with E-state index in [4.69, 9.17) is 32.7 Å². The maximum atomic E-state index is 13.2. The van der Waals surface area contributed by atoms with Gasteiger partial charge in [0.1, 0.15) is 23.1 Å². The van der Waals surface area contributed by atoms with E-state index in [0.29, 0.717) is 23.4 Å². The van der Waals surface area contributed by atoms with Crippen molar-refractivity contribution in [2.45, 2.75) is 6.18 Å². The number of methoxy groups -OCH3 is 1. The number of amides is 2. The minimum atomic E-state index is -4.71. The first-order valence-electron chi connectivity index (χ1n) is 9.61. The SMILES string of the molecule is COc1cc(Cl)c(C(F)(F)F)cc1NC(=O)Nc1ccc(Oc2ccnc(N(C)C)c2)cc1Cl. The van der Waals surface area contributed by atoms with E-state index in [9.17, 15) is 18.0 Å². The Bertz CT molecular complexity index is 1210. The summed E-state index contributed by atoms with van der Waals surface area (Å²) in [4.78, 5) is 18.5. The second-order valence-electron chi connectivity index (χ2n) is 7.10. The van der Waals surface area contributed by atoms with E-state index >= 15 is 0 Å². The summed E-state index contributed by atoms with van der Waals surface area (Å²) in [6.45, 7) is 0. The molecule has 0 bridgehead atoms. The second kappa shape index (κ2) is 10.3. The van der Waals surface area contributed by atoms with Gasteiger partial charge >= 0.3 is 12.2 Å². The van der Waals surface area contributed by atoms with E-state index in [-0.39, 0.29) is 22.1 Å². The summed E-state index contributed by atoms with van der Waals surface area (Å²) in [5, 5.41) is 4.38. The van der Waals surface area contributed by atoms with Crippen LogP contribution in [0.4, 0.5) is 35.2 Å². The number of hydrogen-bond acceptors (Lipinski definition) is 5. The summed E-state index contributed by atoms with van der Waals surface area (Å²) < 4.78 is 50.3. The molecule has 3 rings (SSSR count). The van der Waals surface area contributed by atoms with Crippen LogP contribution in [0.5, 0.6) is 17.2 Å². The van der Waals surface area contributed by atoms with Crippen LogP contribution >= 0.6 is 23.2 Å². The minimum Gasteiger partial charge on any atom is -0.495 e. The van der Waals surface area contributed by atoms with Gasteiger partial charge in [-0.3, -0.25) is 0 Å². The summed E-state index contributed by atoms with van der Waals surface area (Å²) in [6, 6.07) is 8.78. The third kappa shape index (κ3) is 6.15. The summed E-state index contributed by atoms with van der Waals surface area (Å²) in [6.07, 6.45) is -3.11. The van der Waals surface area contributed by atoms with Gasteiger partial charge < -0.3 is 25.0 Å². The molecule has 2 aromatic carbocycles. The van der Waals surface area contributed by atoms with E-state index in [1.165, 1.54) is 19.2 Å². The molecule has 34 heavy (non-hydrogen) atoms. The molecule has 0 unspecified atom stereocenters. The molecule has 3 aromatic rings. The zero-order chi connectivity index (χ0) is 25.0. The van der Waals surface area contributed by atoms with Crippen LogP contribution in [-0.2, 0) is 6.18 Å². The number of aromatic nitrogens is 1. The number of halogens is 5. The molecule has 2 amide bonds. The summed E-state index contributed by atoms with van der Waals surface area (Å²) in [7, 11) is 4.93. The van der Waals surface area contributed by atoms with Gasteiger partial charge in [0.15, 0.2) is 0 Å². The third-order valence-electron chi connectivity index (χ3n) is 4.44. The van der Waals surface area contributed by atoms with Crippen molar-refractivity contribution < 1.29 is 27.4 Å². The predicted molar refractivity (Wildman–Crippen MR) is 126 cm³/mol. The number of alkyl halides is 3. The summed E-state index contributed by atoms with van der Waals surface area (Å²) >= 11 is 11.9.